The van der Waals surface area contributed by atoms with E-state index in [1.807, 2.05) is 17.8 Å². The molecular weight excluding hydrogens is 364 g/mol. The van der Waals surface area contributed by atoms with Crippen LogP contribution in [0.15, 0.2) is 36.7 Å². The highest BCUT2D eigenvalue weighted by Crippen LogP contribution is 2.44. The fourth-order valence-corrected chi connectivity index (χ4v) is 5.87. The molecule has 6 heteroatoms. The van der Waals surface area contributed by atoms with E-state index in [0.717, 1.165) is 25.4 Å². The first kappa shape index (κ1) is 18.7. The molecule has 4 heterocycles. The Morgan fingerprint density at radius 3 is 2.69 bits per heavy atom. The van der Waals surface area contributed by atoms with Crippen LogP contribution in [0.5, 0.6) is 5.75 Å². The molecule has 6 nitrogen and oxygen atoms in total. The van der Waals surface area contributed by atoms with Crippen molar-refractivity contribution in [1.82, 2.24) is 19.4 Å². The van der Waals surface area contributed by atoms with Gasteiger partial charge in [-0.3, -0.25) is 9.69 Å². The minimum atomic E-state index is 0.0863. The average molecular weight is 395 g/mol. The molecule has 2 bridgehead atoms. The van der Waals surface area contributed by atoms with Crippen LogP contribution in [0.3, 0.4) is 0 Å². The van der Waals surface area contributed by atoms with Crippen molar-refractivity contribution in [2.75, 3.05) is 26.7 Å². The standard InChI is InChI=1S/C23H30N4O2/c1-25-11-10-24-22(25)23(28)26-13-16-12-18(15-26)21-5-3-4-20(27(21)14-16)17-6-8-19(29-2)9-7-17/h6-11,16,18,20-21H,3-5,12-15H2,1-2H3/t16-,18+,20+,21-/m0/s1. The predicted molar refractivity (Wildman–Crippen MR) is 111 cm³/mol. The monoisotopic (exact) mass is 394 g/mol. The summed E-state index contributed by atoms with van der Waals surface area (Å²) in [5.41, 5.74) is 1.40. The summed E-state index contributed by atoms with van der Waals surface area (Å²) >= 11 is 0. The number of benzene rings is 1. The van der Waals surface area contributed by atoms with Crippen LogP contribution in [-0.2, 0) is 7.05 Å². The number of piperidine rings is 3. The van der Waals surface area contributed by atoms with Crippen molar-refractivity contribution in [2.24, 2.45) is 18.9 Å². The lowest BCUT2D eigenvalue weighted by Crippen LogP contribution is -2.60. The molecule has 3 saturated heterocycles. The highest BCUT2D eigenvalue weighted by Gasteiger charge is 2.46. The minimum Gasteiger partial charge on any atom is -0.497 e. The molecule has 154 valence electrons. The number of carbonyl (C=O) groups is 1. The van der Waals surface area contributed by atoms with E-state index in [4.69, 9.17) is 4.74 Å². The van der Waals surface area contributed by atoms with E-state index < -0.39 is 0 Å². The number of hydrogen-bond acceptors (Lipinski definition) is 4. The van der Waals surface area contributed by atoms with Crippen LogP contribution in [0.4, 0.5) is 0 Å². The lowest BCUT2D eigenvalue weighted by molar-refractivity contribution is -0.0514. The van der Waals surface area contributed by atoms with Crippen LogP contribution in [0.25, 0.3) is 0 Å². The molecule has 0 radical (unpaired) electrons. The minimum absolute atomic E-state index is 0.0863. The maximum Gasteiger partial charge on any atom is 0.289 e. The molecule has 4 atom stereocenters. The van der Waals surface area contributed by atoms with Crippen LogP contribution in [0.2, 0.25) is 0 Å². The Kier molecular flexibility index (Phi) is 4.82. The van der Waals surface area contributed by atoms with Crippen molar-refractivity contribution in [2.45, 2.75) is 37.8 Å². The van der Waals surface area contributed by atoms with E-state index in [-0.39, 0.29) is 5.91 Å². The molecule has 1 aromatic heterocycles. The molecule has 0 spiro atoms. The van der Waals surface area contributed by atoms with Crippen molar-refractivity contribution in [3.05, 3.63) is 48.0 Å². The van der Waals surface area contributed by atoms with Crippen LogP contribution < -0.4 is 4.74 Å². The molecule has 0 N–H and O–H groups in total. The lowest BCUT2D eigenvalue weighted by Gasteiger charge is -2.55. The second kappa shape index (κ2) is 7.48. The number of imidazole rings is 1. The van der Waals surface area contributed by atoms with E-state index in [2.05, 4.69) is 39.0 Å². The zero-order valence-corrected chi connectivity index (χ0v) is 17.3. The van der Waals surface area contributed by atoms with Crippen molar-refractivity contribution < 1.29 is 9.53 Å². The third-order valence-electron chi connectivity index (χ3n) is 7.19. The Morgan fingerprint density at radius 2 is 1.97 bits per heavy atom. The molecule has 3 fully saturated rings. The van der Waals surface area contributed by atoms with Gasteiger partial charge >= 0.3 is 0 Å². The Bertz CT molecular complexity index is 877. The van der Waals surface area contributed by atoms with Crippen molar-refractivity contribution in [1.29, 1.82) is 0 Å². The second-order valence-electron chi connectivity index (χ2n) is 8.92. The Hall–Kier alpha value is -2.34. The lowest BCUT2D eigenvalue weighted by atomic mass is 9.74. The molecular formula is C23H30N4O2. The van der Waals surface area contributed by atoms with Gasteiger partial charge in [-0.15, -0.1) is 0 Å². The summed E-state index contributed by atoms with van der Waals surface area (Å²) in [6.07, 6.45) is 8.53. The maximum absolute atomic E-state index is 13.0. The third-order valence-corrected chi connectivity index (χ3v) is 7.19. The van der Waals surface area contributed by atoms with Gasteiger partial charge in [0.25, 0.3) is 5.91 Å². The first-order valence-corrected chi connectivity index (χ1v) is 10.8. The molecule has 3 aliphatic heterocycles. The molecule has 0 saturated carbocycles. The number of amides is 1. The molecule has 5 rings (SSSR count). The quantitative estimate of drug-likeness (QED) is 0.803. The van der Waals surface area contributed by atoms with E-state index >= 15 is 0 Å². The zero-order valence-electron chi connectivity index (χ0n) is 17.3. The first-order chi connectivity index (χ1) is 14.1. The van der Waals surface area contributed by atoms with E-state index in [9.17, 15) is 4.79 Å². The van der Waals surface area contributed by atoms with Crippen molar-refractivity contribution in [3.8, 4) is 5.75 Å². The largest absolute Gasteiger partial charge is 0.497 e. The summed E-state index contributed by atoms with van der Waals surface area (Å²) in [5, 5.41) is 0. The molecule has 0 unspecified atom stereocenters. The normalized spacial score (nSPS) is 29.4. The van der Waals surface area contributed by atoms with Gasteiger partial charge in [0, 0.05) is 51.2 Å². The maximum atomic E-state index is 13.0. The number of aromatic nitrogens is 2. The van der Waals surface area contributed by atoms with Crippen LogP contribution in [0, 0.1) is 11.8 Å². The van der Waals surface area contributed by atoms with Gasteiger partial charge in [0.05, 0.1) is 7.11 Å². The number of ether oxygens (including phenoxy) is 1. The average Bonchev–Trinajstić information content (AvgIpc) is 3.18. The highest BCUT2D eigenvalue weighted by atomic mass is 16.5. The molecule has 0 aliphatic carbocycles. The molecule has 3 aliphatic rings. The van der Waals surface area contributed by atoms with Crippen LogP contribution in [0.1, 0.15) is 47.9 Å². The number of carbonyl (C=O) groups excluding carboxylic acids is 1. The fourth-order valence-electron chi connectivity index (χ4n) is 5.87. The van der Waals surface area contributed by atoms with Crippen LogP contribution in [-0.4, -0.2) is 58.0 Å². The van der Waals surface area contributed by atoms with Gasteiger partial charge in [-0.25, -0.2) is 4.98 Å². The number of aryl methyl sites for hydroxylation is 1. The summed E-state index contributed by atoms with van der Waals surface area (Å²) in [5.74, 6) is 2.67. The second-order valence-corrected chi connectivity index (χ2v) is 8.92. The van der Waals surface area contributed by atoms with Crippen LogP contribution >= 0.6 is 0 Å². The Labute approximate surface area is 172 Å². The first-order valence-electron chi connectivity index (χ1n) is 10.8. The van der Waals surface area contributed by atoms with Gasteiger partial charge in [-0.2, -0.15) is 0 Å². The third kappa shape index (κ3) is 3.33. The van der Waals surface area contributed by atoms with Gasteiger partial charge in [0.2, 0.25) is 0 Å². The highest BCUT2D eigenvalue weighted by molar-refractivity contribution is 5.90. The number of nitrogens with zero attached hydrogens (tertiary/aromatic N) is 4. The fraction of sp³-hybridized carbons (Fsp3) is 0.565. The van der Waals surface area contributed by atoms with Gasteiger partial charge in [0.15, 0.2) is 5.82 Å². The van der Waals surface area contributed by atoms with Crippen molar-refractivity contribution >= 4 is 5.91 Å². The number of methoxy groups -OCH3 is 1. The molecule has 1 amide bonds. The van der Waals surface area contributed by atoms with E-state index in [1.165, 1.54) is 31.2 Å². The zero-order chi connectivity index (χ0) is 20.0. The summed E-state index contributed by atoms with van der Waals surface area (Å²) in [7, 11) is 3.61. The van der Waals surface area contributed by atoms with Crippen molar-refractivity contribution in [3.63, 3.8) is 0 Å². The van der Waals surface area contributed by atoms with Gasteiger partial charge in [-0.1, -0.05) is 12.1 Å². The molecule has 1 aromatic carbocycles. The number of fused-ring (bicyclic) bond motifs is 4. The number of likely N-dealkylation sites (tertiary alicyclic amines) is 1. The summed E-state index contributed by atoms with van der Waals surface area (Å²) in [6, 6.07) is 9.68. The molecule has 2 aromatic rings. The van der Waals surface area contributed by atoms with Gasteiger partial charge in [0.1, 0.15) is 5.75 Å². The SMILES string of the molecule is COc1ccc([C@H]2CCC[C@H]3[C@@H]4C[C@@H](CN(C(=O)c5nccn5C)C4)CN23)cc1. The summed E-state index contributed by atoms with van der Waals surface area (Å²) in [6.45, 7) is 2.79. The van der Waals surface area contributed by atoms with E-state index in [1.54, 1.807) is 13.3 Å². The Morgan fingerprint density at radius 1 is 1.14 bits per heavy atom. The molecule has 29 heavy (non-hydrogen) atoms. The smallest absolute Gasteiger partial charge is 0.289 e. The van der Waals surface area contributed by atoms with E-state index in [0.29, 0.717) is 29.7 Å². The summed E-state index contributed by atoms with van der Waals surface area (Å²) in [4.78, 5) is 22.1. The van der Waals surface area contributed by atoms with Gasteiger partial charge in [-0.05, 0) is 55.2 Å². The summed E-state index contributed by atoms with van der Waals surface area (Å²) < 4.78 is 7.17. The Balaban J connectivity index is 1.35. The van der Waals surface area contributed by atoms with Gasteiger partial charge < -0.3 is 14.2 Å². The topological polar surface area (TPSA) is 50.6 Å². The number of rotatable bonds is 3. The predicted octanol–water partition coefficient (Wildman–Crippen LogP) is 3.12. The number of hydrogen-bond donors (Lipinski definition) is 0.